The van der Waals surface area contributed by atoms with Gasteiger partial charge in [0.15, 0.2) is 0 Å². The van der Waals surface area contributed by atoms with Gasteiger partial charge in [-0.2, -0.15) is 10.3 Å². The van der Waals surface area contributed by atoms with Crippen LogP contribution in [-0.2, 0) is 14.3 Å². The van der Waals surface area contributed by atoms with E-state index >= 15 is 0 Å². The molecular formula is C21H19N3O4. The summed E-state index contributed by atoms with van der Waals surface area (Å²) in [4.78, 5) is 37.6. The summed E-state index contributed by atoms with van der Waals surface area (Å²) in [5, 5.41) is 11.6. The van der Waals surface area contributed by atoms with Crippen LogP contribution >= 0.6 is 0 Å². The lowest BCUT2D eigenvalue weighted by molar-refractivity contribution is -0.147. The first-order chi connectivity index (χ1) is 13.4. The van der Waals surface area contributed by atoms with Gasteiger partial charge < -0.3 is 4.74 Å². The fraction of sp³-hybridized carbons (Fsp3) is 0.238. The number of nitrogens with zero attached hydrogens (tertiary/aromatic N) is 3. The Balaban J connectivity index is 1.98. The molecule has 0 spiro atoms. The molecule has 0 aliphatic carbocycles. The SMILES string of the molecule is CC(=O)OCC1(C)CN(c2ccccc2)N(C(=O)c2ccc(C#N)cc2)C1=O. The normalized spacial score (nSPS) is 18.7. The summed E-state index contributed by atoms with van der Waals surface area (Å²) < 4.78 is 5.09. The molecule has 1 fully saturated rings. The molecule has 3 rings (SSSR count). The molecule has 1 atom stereocenters. The van der Waals surface area contributed by atoms with Crippen LogP contribution < -0.4 is 5.01 Å². The summed E-state index contributed by atoms with van der Waals surface area (Å²) in [6, 6.07) is 17.1. The molecule has 1 aliphatic rings. The third-order valence-corrected chi connectivity index (χ3v) is 4.55. The third kappa shape index (κ3) is 3.58. The quantitative estimate of drug-likeness (QED) is 0.601. The van der Waals surface area contributed by atoms with Crippen LogP contribution in [0.2, 0.25) is 0 Å². The number of para-hydroxylation sites is 1. The van der Waals surface area contributed by atoms with E-state index in [1.807, 2.05) is 24.3 Å². The lowest BCUT2D eigenvalue weighted by Crippen LogP contribution is -2.44. The van der Waals surface area contributed by atoms with Gasteiger partial charge in [-0.25, -0.2) is 0 Å². The number of benzene rings is 2. The van der Waals surface area contributed by atoms with E-state index in [1.54, 1.807) is 24.1 Å². The first-order valence-electron chi connectivity index (χ1n) is 8.70. The van der Waals surface area contributed by atoms with E-state index in [4.69, 9.17) is 10.00 Å². The fourth-order valence-corrected chi connectivity index (χ4v) is 3.02. The van der Waals surface area contributed by atoms with Crippen LogP contribution in [0, 0.1) is 16.7 Å². The molecule has 7 heteroatoms. The Morgan fingerprint density at radius 1 is 1.14 bits per heavy atom. The maximum absolute atomic E-state index is 13.2. The number of hydrogen-bond donors (Lipinski definition) is 0. The van der Waals surface area contributed by atoms with E-state index in [0.29, 0.717) is 11.3 Å². The van der Waals surface area contributed by atoms with E-state index in [0.717, 1.165) is 5.01 Å². The van der Waals surface area contributed by atoms with Gasteiger partial charge in [-0.05, 0) is 43.3 Å². The molecule has 28 heavy (non-hydrogen) atoms. The van der Waals surface area contributed by atoms with E-state index in [-0.39, 0.29) is 18.7 Å². The molecule has 2 amide bonds. The Bertz CT molecular complexity index is 950. The summed E-state index contributed by atoms with van der Waals surface area (Å²) in [6.07, 6.45) is 0. The number of carbonyl (C=O) groups excluding carboxylic acids is 3. The molecular weight excluding hydrogens is 358 g/mol. The van der Waals surface area contributed by atoms with Gasteiger partial charge in [0.2, 0.25) is 0 Å². The molecule has 0 bridgehead atoms. The Hall–Kier alpha value is -3.66. The number of carbonyl (C=O) groups is 3. The number of ether oxygens (including phenoxy) is 1. The molecule has 2 aromatic carbocycles. The smallest absolute Gasteiger partial charge is 0.302 e. The van der Waals surface area contributed by atoms with Gasteiger partial charge in [0.05, 0.1) is 23.9 Å². The minimum atomic E-state index is -1.07. The Morgan fingerprint density at radius 3 is 2.36 bits per heavy atom. The van der Waals surface area contributed by atoms with Gasteiger partial charge in [0.1, 0.15) is 12.0 Å². The molecule has 0 saturated carbocycles. The van der Waals surface area contributed by atoms with Crippen molar-refractivity contribution in [2.24, 2.45) is 5.41 Å². The molecule has 0 radical (unpaired) electrons. The number of hydrazine groups is 1. The first-order valence-corrected chi connectivity index (χ1v) is 8.70. The standard InChI is InChI=1S/C21H19N3O4/c1-15(25)28-14-21(2)13-23(18-6-4-3-5-7-18)24(20(21)27)19(26)17-10-8-16(12-22)9-11-17/h3-11H,13-14H2,1-2H3. The minimum Gasteiger partial charge on any atom is -0.465 e. The van der Waals surface area contributed by atoms with E-state index in [2.05, 4.69) is 0 Å². The van der Waals surface area contributed by atoms with E-state index in [1.165, 1.54) is 31.2 Å². The average Bonchev–Trinajstić information content (AvgIpc) is 2.98. The van der Waals surface area contributed by atoms with Gasteiger partial charge in [-0.15, -0.1) is 0 Å². The van der Waals surface area contributed by atoms with Crippen molar-refractivity contribution in [2.75, 3.05) is 18.2 Å². The van der Waals surface area contributed by atoms with Gasteiger partial charge in [-0.3, -0.25) is 19.4 Å². The Labute approximate surface area is 162 Å². The summed E-state index contributed by atoms with van der Waals surface area (Å²) in [6.45, 7) is 3.00. The zero-order chi connectivity index (χ0) is 20.3. The monoisotopic (exact) mass is 377 g/mol. The van der Waals surface area contributed by atoms with E-state index < -0.39 is 23.2 Å². The summed E-state index contributed by atoms with van der Waals surface area (Å²) >= 11 is 0. The highest BCUT2D eigenvalue weighted by molar-refractivity contribution is 6.09. The lowest BCUT2D eigenvalue weighted by Gasteiger charge is -2.27. The second kappa shape index (κ2) is 7.53. The van der Waals surface area contributed by atoms with Gasteiger partial charge >= 0.3 is 5.97 Å². The van der Waals surface area contributed by atoms with Crippen molar-refractivity contribution in [3.05, 3.63) is 65.7 Å². The number of hydrogen-bond acceptors (Lipinski definition) is 6. The van der Waals surface area contributed by atoms with Crippen molar-refractivity contribution >= 4 is 23.5 Å². The van der Waals surface area contributed by atoms with Crippen LogP contribution in [0.15, 0.2) is 54.6 Å². The van der Waals surface area contributed by atoms with Crippen molar-refractivity contribution in [1.29, 1.82) is 5.26 Å². The number of rotatable bonds is 4. The van der Waals surface area contributed by atoms with E-state index in [9.17, 15) is 14.4 Å². The van der Waals surface area contributed by atoms with Crippen LogP contribution in [0.1, 0.15) is 29.8 Å². The number of nitriles is 1. The third-order valence-electron chi connectivity index (χ3n) is 4.55. The van der Waals surface area contributed by atoms with Crippen molar-refractivity contribution in [3.63, 3.8) is 0 Å². The second-order valence-corrected chi connectivity index (χ2v) is 6.85. The van der Waals surface area contributed by atoms with Crippen LogP contribution in [0.4, 0.5) is 5.69 Å². The topological polar surface area (TPSA) is 90.7 Å². The predicted octanol–water partition coefficient (Wildman–Crippen LogP) is 2.53. The molecule has 0 aromatic heterocycles. The van der Waals surface area contributed by atoms with Crippen molar-refractivity contribution in [1.82, 2.24) is 5.01 Å². The molecule has 1 unspecified atom stereocenters. The number of amides is 2. The predicted molar refractivity (Wildman–Crippen MR) is 101 cm³/mol. The molecule has 1 heterocycles. The molecule has 7 nitrogen and oxygen atoms in total. The molecule has 2 aromatic rings. The van der Waals surface area contributed by atoms with Crippen molar-refractivity contribution in [2.45, 2.75) is 13.8 Å². The largest absolute Gasteiger partial charge is 0.465 e. The Morgan fingerprint density at radius 2 is 1.79 bits per heavy atom. The van der Waals surface area contributed by atoms with Gasteiger partial charge in [0, 0.05) is 12.5 Å². The Kier molecular flexibility index (Phi) is 5.14. The maximum Gasteiger partial charge on any atom is 0.302 e. The molecule has 0 N–H and O–H groups in total. The minimum absolute atomic E-state index is 0.123. The van der Waals surface area contributed by atoms with Crippen molar-refractivity contribution < 1.29 is 19.1 Å². The van der Waals surface area contributed by atoms with Crippen LogP contribution in [0.5, 0.6) is 0 Å². The lowest BCUT2D eigenvalue weighted by atomic mass is 9.92. The fourth-order valence-electron chi connectivity index (χ4n) is 3.02. The zero-order valence-electron chi connectivity index (χ0n) is 15.6. The van der Waals surface area contributed by atoms with Crippen LogP contribution in [-0.4, -0.2) is 35.9 Å². The van der Waals surface area contributed by atoms with Gasteiger partial charge in [0.25, 0.3) is 11.8 Å². The van der Waals surface area contributed by atoms with Crippen LogP contribution in [0.25, 0.3) is 0 Å². The molecule has 142 valence electrons. The first kappa shape index (κ1) is 19.1. The number of esters is 1. The highest BCUT2D eigenvalue weighted by Crippen LogP contribution is 2.35. The van der Waals surface area contributed by atoms with Crippen LogP contribution in [0.3, 0.4) is 0 Å². The summed E-state index contributed by atoms with van der Waals surface area (Å²) in [5.74, 6) is -1.45. The highest BCUT2D eigenvalue weighted by atomic mass is 16.5. The molecule has 1 aliphatic heterocycles. The highest BCUT2D eigenvalue weighted by Gasteiger charge is 2.51. The summed E-state index contributed by atoms with van der Waals surface area (Å²) in [5.41, 5.74) is 0.308. The second-order valence-electron chi connectivity index (χ2n) is 6.85. The van der Waals surface area contributed by atoms with Crippen molar-refractivity contribution in [3.8, 4) is 6.07 Å². The average molecular weight is 377 g/mol. The summed E-state index contributed by atoms with van der Waals surface area (Å²) in [7, 11) is 0. The van der Waals surface area contributed by atoms with Gasteiger partial charge in [-0.1, -0.05) is 18.2 Å². The number of imide groups is 1. The molecule has 1 saturated heterocycles. The zero-order valence-corrected chi connectivity index (χ0v) is 15.6. The maximum atomic E-state index is 13.2. The number of anilines is 1.